The lowest BCUT2D eigenvalue weighted by atomic mass is 9.91. The summed E-state index contributed by atoms with van der Waals surface area (Å²) in [5.74, 6) is 0.612. The van der Waals surface area contributed by atoms with E-state index < -0.39 is 0 Å². The van der Waals surface area contributed by atoms with Crippen molar-refractivity contribution in [2.75, 3.05) is 0 Å². The van der Waals surface area contributed by atoms with Crippen LogP contribution in [-0.4, -0.2) is 6.04 Å². The highest BCUT2D eigenvalue weighted by Crippen LogP contribution is 2.32. The largest absolute Gasteiger partial charge is 0.328 e. The molecule has 2 atom stereocenters. The number of rotatable bonds is 1. The van der Waals surface area contributed by atoms with E-state index >= 15 is 0 Å². The number of benzene rings is 1. The molecule has 1 aromatic rings. The molecule has 0 heterocycles. The maximum absolute atomic E-state index is 6.07. The first kappa shape index (κ1) is 11.0. The summed E-state index contributed by atoms with van der Waals surface area (Å²) in [7, 11) is 0. The lowest BCUT2D eigenvalue weighted by molar-refractivity contribution is 0.535. The molecule has 1 aliphatic rings. The van der Waals surface area contributed by atoms with Crippen molar-refractivity contribution < 1.29 is 0 Å². The van der Waals surface area contributed by atoms with Crippen LogP contribution in [0.5, 0.6) is 0 Å². The van der Waals surface area contributed by atoms with Gasteiger partial charge in [0.05, 0.1) is 0 Å². The average Bonchev–Trinajstić information content (AvgIpc) is 2.43. The summed E-state index contributed by atoms with van der Waals surface area (Å²) < 4.78 is 0. The zero-order valence-electron chi connectivity index (χ0n) is 8.95. The summed E-state index contributed by atoms with van der Waals surface area (Å²) in [6.07, 6.45) is 6.12. The summed E-state index contributed by atoms with van der Waals surface area (Å²) >= 11 is 6.01. The fourth-order valence-electron chi connectivity index (χ4n) is 2.46. The maximum atomic E-state index is 6.07. The molecule has 1 saturated carbocycles. The van der Waals surface area contributed by atoms with Gasteiger partial charge in [-0.1, -0.05) is 36.6 Å². The number of hydrogen-bond donors (Lipinski definition) is 1. The highest BCUT2D eigenvalue weighted by atomic mass is 35.5. The van der Waals surface area contributed by atoms with Crippen LogP contribution in [0.15, 0.2) is 24.3 Å². The van der Waals surface area contributed by atoms with Gasteiger partial charge in [0, 0.05) is 11.1 Å². The van der Waals surface area contributed by atoms with E-state index in [0.29, 0.717) is 12.0 Å². The standard InChI is InChI=1S/C13H18ClN/c14-12-6-3-5-10(8-12)11-4-1-2-7-13(15)9-11/h3,5-6,8,11,13H,1-2,4,7,9,15H2. The van der Waals surface area contributed by atoms with Gasteiger partial charge in [-0.15, -0.1) is 0 Å². The Kier molecular flexibility index (Phi) is 3.66. The third-order valence-corrected chi connectivity index (χ3v) is 3.52. The predicted molar refractivity (Wildman–Crippen MR) is 65.3 cm³/mol. The SMILES string of the molecule is NC1CCCCC(c2cccc(Cl)c2)C1. The predicted octanol–water partition coefficient (Wildman–Crippen LogP) is 3.72. The van der Waals surface area contributed by atoms with E-state index in [-0.39, 0.29) is 0 Å². The summed E-state index contributed by atoms with van der Waals surface area (Å²) in [5, 5.41) is 0.838. The normalized spacial score (nSPS) is 27.3. The molecule has 82 valence electrons. The molecule has 2 N–H and O–H groups in total. The van der Waals surface area contributed by atoms with E-state index in [1.54, 1.807) is 0 Å². The Labute approximate surface area is 96.6 Å². The van der Waals surface area contributed by atoms with Gasteiger partial charge in [0.15, 0.2) is 0 Å². The van der Waals surface area contributed by atoms with E-state index in [9.17, 15) is 0 Å². The highest BCUT2D eigenvalue weighted by Gasteiger charge is 2.18. The van der Waals surface area contributed by atoms with Crippen LogP contribution in [-0.2, 0) is 0 Å². The van der Waals surface area contributed by atoms with Gasteiger partial charge >= 0.3 is 0 Å². The summed E-state index contributed by atoms with van der Waals surface area (Å²) in [6.45, 7) is 0. The molecule has 0 aromatic heterocycles. The molecule has 0 saturated heterocycles. The molecule has 2 unspecified atom stereocenters. The Morgan fingerprint density at radius 1 is 1.20 bits per heavy atom. The van der Waals surface area contributed by atoms with Gasteiger partial charge in [-0.05, 0) is 42.9 Å². The Morgan fingerprint density at radius 3 is 2.80 bits per heavy atom. The van der Waals surface area contributed by atoms with Crippen molar-refractivity contribution >= 4 is 11.6 Å². The zero-order valence-corrected chi connectivity index (χ0v) is 9.71. The van der Waals surface area contributed by atoms with Crippen molar-refractivity contribution in [2.45, 2.75) is 44.1 Å². The van der Waals surface area contributed by atoms with Crippen LogP contribution in [0.3, 0.4) is 0 Å². The second-order valence-electron chi connectivity index (χ2n) is 4.53. The Bertz CT molecular complexity index is 324. The quantitative estimate of drug-likeness (QED) is 0.722. The monoisotopic (exact) mass is 223 g/mol. The lowest BCUT2D eigenvalue weighted by Gasteiger charge is -2.17. The number of nitrogens with two attached hydrogens (primary N) is 1. The smallest absolute Gasteiger partial charge is 0.0408 e. The molecule has 2 rings (SSSR count). The van der Waals surface area contributed by atoms with Crippen LogP contribution >= 0.6 is 11.6 Å². The van der Waals surface area contributed by atoms with Crippen LogP contribution < -0.4 is 5.73 Å². The molecular weight excluding hydrogens is 206 g/mol. The molecule has 0 amide bonds. The molecule has 1 nitrogen and oxygen atoms in total. The van der Waals surface area contributed by atoms with Crippen molar-refractivity contribution in [1.29, 1.82) is 0 Å². The van der Waals surface area contributed by atoms with Crippen molar-refractivity contribution in [3.05, 3.63) is 34.9 Å². The summed E-state index contributed by atoms with van der Waals surface area (Å²) in [6, 6.07) is 8.60. The summed E-state index contributed by atoms with van der Waals surface area (Å²) in [4.78, 5) is 0. The van der Waals surface area contributed by atoms with Crippen molar-refractivity contribution in [3.8, 4) is 0 Å². The molecule has 0 radical (unpaired) electrons. The van der Waals surface area contributed by atoms with Crippen molar-refractivity contribution in [2.24, 2.45) is 5.73 Å². The van der Waals surface area contributed by atoms with Crippen molar-refractivity contribution in [3.63, 3.8) is 0 Å². The van der Waals surface area contributed by atoms with E-state index in [0.717, 1.165) is 11.4 Å². The van der Waals surface area contributed by atoms with Gasteiger partial charge in [-0.25, -0.2) is 0 Å². The number of hydrogen-bond acceptors (Lipinski definition) is 1. The minimum Gasteiger partial charge on any atom is -0.328 e. The fraction of sp³-hybridized carbons (Fsp3) is 0.538. The first-order chi connectivity index (χ1) is 7.25. The third-order valence-electron chi connectivity index (χ3n) is 3.28. The second kappa shape index (κ2) is 5.00. The Hall–Kier alpha value is -0.530. The van der Waals surface area contributed by atoms with Gasteiger partial charge in [0.25, 0.3) is 0 Å². The van der Waals surface area contributed by atoms with Crippen molar-refractivity contribution in [1.82, 2.24) is 0 Å². The van der Waals surface area contributed by atoms with Gasteiger partial charge < -0.3 is 5.73 Å². The second-order valence-corrected chi connectivity index (χ2v) is 4.97. The van der Waals surface area contributed by atoms with E-state index in [1.165, 1.54) is 31.2 Å². The van der Waals surface area contributed by atoms with Crippen LogP contribution in [0.4, 0.5) is 0 Å². The van der Waals surface area contributed by atoms with Gasteiger partial charge in [-0.2, -0.15) is 0 Å². The van der Waals surface area contributed by atoms with Crippen LogP contribution in [0.2, 0.25) is 5.02 Å². The number of halogens is 1. The molecule has 1 aromatic carbocycles. The maximum Gasteiger partial charge on any atom is 0.0408 e. The molecule has 1 fully saturated rings. The lowest BCUT2D eigenvalue weighted by Crippen LogP contribution is -2.20. The van der Waals surface area contributed by atoms with E-state index in [2.05, 4.69) is 12.1 Å². The van der Waals surface area contributed by atoms with Gasteiger partial charge in [0.1, 0.15) is 0 Å². The van der Waals surface area contributed by atoms with E-state index in [1.807, 2.05) is 12.1 Å². The molecular formula is C13H18ClN. The van der Waals surface area contributed by atoms with Crippen LogP contribution in [0.25, 0.3) is 0 Å². The fourth-order valence-corrected chi connectivity index (χ4v) is 2.66. The van der Waals surface area contributed by atoms with Crippen LogP contribution in [0, 0.1) is 0 Å². The molecule has 2 heteroatoms. The molecule has 1 aliphatic carbocycles. The van der Waals surface area contributed by atoms with Gasteiger partial charge in [-0.3, -0.25) is 0 Å². The third kappa shape index (κ3) is 2.96. The molecule has 0 aliphatic heterocycles. The minimum absolute atomic E-state index is 0.372. The Morgan fingerprint density at radius 2 is 2.00 bits per heavy atom. The Balaban J connectivity index is 2.14. The molecule has 15 heavy (non-hydrogen) atoms. The first-order valence-electron chi connectivity index (χ1n) is 5.77. The first-order valence-corrected chi connectivity index (χ1v) is 6.14. The van der Waals surface area contributed by atoms with Gasteiger partial charge in [0.2, 0.25) is 0 Å². The average molecular weight is 224 g/mol. The summed E-state index contributed by atoms with van der Waals surface area (Å²) in [5.41, 5.74) is 7.43. The molecule has 0 spiro atoms. The van der Waals surface area contributed by atoms with E-state index in [4.69, 9.17) is 17.3 Å². The zero-order chi connectivity index (χ0) is 10.7. The topological polar surface area (TPSA) is 26.0 Å². The minimum atomic E-state index is 0.372. The molecule has 0 bridgehead atoms. The van der Waals surface area contributed by atoms with Crippen LogP contribution in [0.1, 0.15) is 43.6 Å². The highest BCUT2D eigenvalue weighted by molar-refractivity contribution is 6.30.